The second-order valence-corrected chi connectivity index (χ2v) is 10.3. The molecule has 1 N–H and O–H groups in total. The number of nitrogens with zero attached hydrogens (tertiary/aromatic N) is 2. The van der Waals surface area contributed by atoms with Crippen LogP contribution in [-0.2, 0) is 26.2 Å². The summed E-state index contributed by atoms with van der Waals surface area (Å²) in [4.78, 5) is 27.9. The summed E-state index contributed by atoms with van der Waals surface area (Å²) in [5, 5.41) is 2.90. The molecule has 192 valence electrons. The number of sulfonamides is 1. The molecule has 0 bridgehead atoms. The first kappa shape index (κ1) is 28.2. The van der Waals surface area contributed by atoms with E-state index in [-0.39, 0.29) is 31.3 Å². The van der Waals surface area contributed by atoms with Crippen LogP contribution in [0.15, 0.2) is 54.6 Å². The third kappa shape index (κ3) is 8.58. The second kappa shape index (κ2) is 13.7. The van der Waals surface area contributed by atoms with Gasteiger partial charge in [-0.2, -0.15) is 0 Å². The summed E-state index contributed by atoms with van der Waals surface area (Å²) in [5.41, 5.74) is 1.41. The molecule has 0 aliphatic rings. The lowest BCUT2D eigenvalue weighted by atomic mass is 10.1. The van der Waals surface area contributed by atoms with Gasteiger partial charge < -0.3 is 15.0 Å². The fraction of sp³-hybridized carbons (Fsp3) is 0.462. The van der Waals surface area contributed by atoms with Crippen LogP contribution in [0.3, 0.4) is 0 Å². The molecule has 1 atom stereocenters. The van der Waals surface area contributed by atoms with Gasteiger partial charge in [0, 0.05) is 26.1 Å². The first-order valence-corrected chi connectivity index (χ1v) is 13.8. The molecule has 9 heteroatoms. The quantitative estimate of drug-likeness (QED) is 0.425. The van der Waals surface area contributed by atoms with Crippen molar-refractivity contribution in [3.63, 3.8) is 0 Å². The maximum Gasteiger partial charge on any atom is 0.242 e. The van der Waals surface area contributed by atoms with Crippen LogP contribution in [0.4, 0.5) is 5.69 Å². The normalized spacial score (nSPS) is 12.0. The van der Waals surface area contributed by atoms with Crippen LogP contribution in [0.1, 0.15) is 45.1 Å². The number of ether oxygens (including phenoxy) is 1. The Balaban J connectivity index is 2.20. The van der Waals surface area contributed by atoms with E-state index in [0.717, 1.165) is 18.2 Å². The van der Waals surface area contributed by atoms with E-state index < -0.39 is 16.1 Å². The summed E-state index contributed by atoms with van der Waals surface area (Å²) < 4.78 is 31.3. The summed E-state index contributed by atoms with van der Waals surface area (Å²) in [5.74, 6) is 0.283. The molecule has 2 aromatic carbocycles. The predicted molar refractivity (Wildman–Crippen MR) is 139 cm³/mol. The number of amides is 2. The first-order chi connectivity index (χ1) is 16.7. The summed E-state index contributed by atoms with van der Waals surface area (Å²) in [6.07, 6.45) is 2.85. The number of anilines is 1. The Hall–Kier alpha value is -3.07. The zero-order valence-electron chi connectivity index (χ0n) is 21.1. The van der Waals surface area contributed by atoms with E-state index >= 15 is 0 Å². The Kier molecular flexibility index (Phi) is 11.0. The molecule has 2 rings (SSSR count). The van der Waals surface area contributed by atoms with E-state index in [1.807, 2.05) is 44.2 Å². The van der Waals surface area contributed by atoms with Gasteiger partial charge in [-0.1, -0.05) is 44.2 Å². The van der Waals surface area contributed by atoms with Crippen LogP contribution in [0.2, 0.25) is 0 Å². The number of nitrogens with one attached hydrogen (secondary N) is 1. The minimum atomic E-state index is -3.51. The molecular weight excluding hydrogens is 466 g/mol. The van der Waals surface area contributed by atoms with Gasteiger partial charge in [-0.15, -0.1) is 0 Å². The van der Waals surface area contributed by atoms with Crippen molar-refractivity contribution >= 4 is 27.5 Å². The second-order valence-electron chi connectivity index (χ2n) is 8.36. The number of hydrogen-bond donors (Lipinski definition) is 1. The van der Waals surface area contributed by atoms with Crippen LogP contribution in [0, 0.1) is 0 Å². The zero-order valence-corrected chi connectivity index (χ0v) is 21.9. The number of carbonyl (C=O) groups excluding carboxylic acids is 2. The van der Waals surface area contributed by atoms with Crippen molar-refractivity contribution in [1.29, 1.82) is 0 Å². The summed E-state index contributed by atoms with van der Waals surface area (Å²) in [6.45, 7) is 4.81. The number of para-hydroxylation sites is 1. The third-order valence-corrected chi connectivity index (χ3v) is 6.81. The van der Waals surface area contributed by atoms with E-state index in [4.69, 9.17) is 4.74 Å². The van der Waals surface area contributed by atoms with E-state index in [2.05, 4.69) is 5.32 Å². The fourth-order valence-corrected chi connectivity index (χ4v) is 4.82. The molecule has 0 aliphatic heterocycles. The minimum Gasteiger partial charge on any atom is -0.497 e. The monoisotopic (exact) mass is 503 g/mol. The van der Waals surface area contributed by atoms with Gasteiger partial charge in [-0.05, 0) is 49.1 Å². The summed E-state index contributed by atoms with van der Waals surface area (Å²) >= 11 is 0. The summed E-state index contributed by atoms with van der Waals surface area (Å²) in [7, 11) is -1.93. The number of rotatable bonds is 14. The Labute approximate surface area is 209 Å². The number of carbonyl (C=O) groups is 2. The highest BCUT2D eigenvalue weighted by Crippen LogP contribution is 2.20. The molecule has 0 saturated heterocycles. The molecule has 0 radical (unpaired) electrons. The molecule has 8 nitrogen and oxygen atoms in total. The van der Waals surface area contributed by atoms with E-state index in [1.165, 1.54) is 4.31 Å². The smallest absolute Gasteiger partial charge is 0.242 e. The van der Waals surface area contributed by atoms with Crippen molar-refractivity contribution in [2.75, 3.05) is 30.8 Å². The van der Waals surface area contributed by atoms with Gasteiger partial charge in [0.25, 0.3) is 0 Å². The molecule has 0 fully saturated rings. The van der Waals surface area contributed by atoms with Crippen LogP contribution < -0.4 is 14.4 Å². The number of methoxy groups -OCH3 is 1. The van der Waals surface area contributed by atoms with Gasteiger partial charge in [-0.25, -0.2) is 8.42 Å². The van der Waals surface area contributed by atoms with Gasteiger partial charge in [0.2, 0.25) is 21.8 Å². The molecule has 0 saturated carbocycles. The average molecular weight is 504 g/mol. The Bertz CT molecular complexity index is 1060. The molecule has 0 aliphatic carbocycles. The van der Waals surface area contributed by atoms with Gasteiger partial charge in [0.15, 0.2) is 0 Å². The molecule has 0 spiro atoms. The zero-order chi connectivity index (χ0) is 25.8. The molecular formula is C26H37N3O5S. The SMILES string of the molecule is CCCNC(=O)[C@@H](CC)N(Cc1cccc(OC)c1)C(=O)CCCN(c1ccccc1)S(C)(=O)=O. The van der Waals surface area contributed by atoms with Crippen molar-refractivity contribution < 1.29 is 22.7 Å². The number of hydrogen-bond acceptors (Lipinski definition) is 5. The largest absolute Gasteiger partial charge is 0.497 e. The maximum absolute atomic E-state index is 13.4. The molecule has 35 heavy (non-hydrogen) atoms. The Morgan fingerprint density at radius 2 is 1.77 bits per heavy atom. The van der Waals surface area contributed by atoms with Crippen LogP contribution in [0.5, 0.6) is 5.75 Å². The van der Waals surface area contributed by atoms with Crippen molar-refractivity contribution in [3.8, 4) is 5.75 Å². The van der Waals surface area contributed by atoms with Gasteiger partial charge >= 0.3 is 0 Å². The van der Waals surface area contributed by atoms with Crippen molar-refractivity contribution in [1.82, 2.24) is 10.2 Å². The van der Waals surface area contributed by atoms with E-state index in [9.17, 15) is 18.0 Å². The van der Waals surface area contributed by atoms with Crippen LogP contribution in [0.25, 0.3) is 0 Å². The third-order valence-electron chi connectivity index (χ3n) is 5.62. The first-order valence-electron chi connectivity index (χ1n) is 11.9. The van der Waals surface area contributed by atoms with Crippen molar-refractivity contribution in [2.24, 2.45) is 0 Å². The average Bonchev–Trinajstić information content (AvgIpc) is 2.84. The lowest BCUT2D eigenvalue weighted by molar-refractivity contribution is -0.141. The maximum atomic E-state index is 13.4. The Morgan fingerprint density at radius 3 is 2.37 bits per heavy atom. The van der Waals surface area contributed by atoms with Crippen molar-refractivity contribution in [2.45, 2.75) is 52.1 Å². The minimum absolute atomic E-state index is 0.111. The summed E-state index contributed by atoms with van der Waals surface area (Å²) in [6, 6.07) is 15.6. The lowest BCUT2D eigenvalue weighted by Gasteiger charge is -2.31. The van der Waals surface area contributed by atoms with Crippen LogP contribution >= 0.6 is 0 Å². The molecule has 2 aromatic rings. The van der Waals surface area contributed by atoms with Gasteiger partial charge in [0.05, 0.1) is 19.1 Å². The number of benzene rings is 2. The highest BCUT2D eigenvalue weighted by molar-refractivity contribution is 7.92. The molecule has 2 amide bonds. The van der Waals surface area contributed by atoms with Gasteiger partial charge in [0.1, 0.15) is 11.8 Å². The van der Waals surface area contributed by atoms with E-state index in [0.29, 0.717) is 30.8 Å². The topological polar surface area (TPSA) is 96.0 Å². The van der Waals surface area contributed by atoms with Gasteiger partial charge in [-0.3, -0.25) is 13.9 Å². The molecule has 0 aromatic heterocycles. The molecule has 0 unspecified atom stereocenters. The molecule has 0 heterocycles. The Morgan fingerprint density at radius 1 is 1.06 bits per heavy atom. The predicted octanol–water partition coefficient (Wildman–Crippen LogP) is 3.58. The van der Waals surface area contributed by atoms with E-state index in [1.54, 1.807) is 36.3 Å². The van der Waals surface area contributed by atoms with Crippen LogP contribution in [-0.4, -0.2) is 57.6 Å². The van der Waals surface area contributed by atoms with Crippen molar-refractivity contribution in [3.05, 3.63) is 60.2 Å². The standard InChI is InChI=1S/C26H37N3O5S/c1-5-17-27-26(31)24(6-2)28(20-21-12-10-15-23(19-21)34-3)25(30)16-11-18-29(35(4,32)33)22-13-8-7-9-14-22/h7-10,12-15,19,24H,5-6,11,16-18,20H2,1-4H3,(H,27,31)/t24-/m1/s1. The highest BCUT2D eigenvalue weighted by atomic mass is 32.2. The fourth-order valence-electron chi connectivity index (χ4n) is 3.85. The lowest BCUT2D eigenvalue weighted by Crippen LogP contribution is -2.49. The highest BCUT2D eigenvalue weighted by Gasteiger charge is 2.28.